The minimum Gasteiger partial charge on any atom is -0.343 e. The van der Waals surface area contributed by atoms with Gasteiger partial charge in [-0.2, -0.15) is 4.98 Å². The second kappa shape index (κ2) is 5.55. The number of rotatable bonds is 3. The lowest BCUT2D eigenvalue weighted by Crippen LogP contribution is -2.60. The van der Waals surface area contributed by atoms with Crippen LogP contribution in [0.25, 0.3) is 0 Å². The van der Waals surface area contributed by atoms with Gasteiger partial charge in [0, 0.05) is 9.74 Å². The lowest BCUT2D eigenvalue weighted by atomic mass is 9.49. The average molecular weight is 424 g/mol. The van der Waals surface area contributed by atoms with Crippen LogP contribution in [-0.4, -0.2) is 20.4 Å². The highest BCUT2D eigenvalue weighted by Crippen LogP contribution is 2.64. The molecule has 4 bridgehead atoms. The van der Waals surface area contributed by atoms with E-state index < -0.39 is 5.54 Å². The predicted octanol–water partition coefficient (Wildman–Crippen LogP) is 4.45. The molecule has 144 valence electrons. The predicted molar refractivity (Wildman–Crippen MR) is 103 cm³/mol. The number of nitrogens with one attached hydrogen (secondary N) is 1. The van der Waals surface area contributed by atoms with E-state index in [9.17, 15) is 4.79 Å². The Labute approximate surface area is 164 Å². The summed E-state index contributed by atoms with van der Waals surface area (Å²) in [6.07, 6.45) is 6.75. The van der Waals surface area contributed by atoms with Gasteiger partial charge >= 0.3 is 0 Å². The highest BCUT2D eigenvalue weighted by molar-refractivity contribution is 9.10. The zero-order valence-corrected chi connectivity index (χ0v) is 18.1. The molecule has 26 heavy (non-hydrogen) atoms. The minimum atomic E-state index is -0.646. The van der Waals surface area contributed by atoms with Crippen LogP contribution >= 0.6 is 15.9 Å². The molecular weight excluding hydrogens is 394 g/mol. The topological polar surface area (TPSA) is 68.0 Å². The molecule has 6 heteroatoms. The van der Waals surface area contributed by atoms with Crippen LogP contribution in [-0.2, 0) is 15.7 Å². The highest BCUT2D eigenvalue weighted by Gasteiger charge is 2.60. The lowest BCUT2D eigenvalue weighted by Gasteiger charge is -2.59. The molecule has 4 aliphatic carbocycles. The van der Waals surface area contributed by atoms with Gasteiger partial charge in [-0.15, -0.1) is 0 Å². The number of aromatic nitrogens is 2. The highest BCUT2D eigenvalue weighted by atomic mass is 79.9. The van der Waals surface area contributed by atoms with Crippen molar-refractivity contribution in [3.63, 3.8) is 0 Å². The van der Waals surface area contributed by atoms with Crippen molar-refractivity contribution in [1.29, 1.82) is 0 Å². The Hall–Kier alpha value is -0.910. The third-order valence-electron chi connectivity index (χ3n) is 6.52. The van der Waals surface area contributed by atoms with Crippen molar-refractivity contribution in [3.8, 4) is 0 Å². The number of hydrogen-bond acceptors (Lipinski definition) is 4. The first-order chi connectivity index (χ1) is 11.9. The number of carbonyl (C=O) groups excluding carboxylic acids is 1. The van der Waals surface area contributed by atoms with Crippen LogP contribution in [0.5, 0.6) is 0 Å². The minimum absolute atomic E-state index is 0.169. The Morgan fingerprint density at radius 3 is 2.27 bits per heavy atom. The van der Waals surface area contributed by atoms with Gasteiger partial charge in [-0.25, -0.2) is 0 Å². The van der Waals surface area contributed by atoms with Crippen LogP contribution in [0.4, 0.5) is 0 Å². The van der Waals surface area contributed by atoms with E-state index in [1.807, 2.05) is 34.6 Å². The number of hydrogen-bond donors (Lipinski definition) is 1. The van der Waals surface area contributed by atoms with Crippen LogP contribution in [0, 0.1) is 17.3 Å². The molecule has 0 saturated heterocycles. The summed E-state index contributed by atoms with van der Waals surface area (Å²) in [5, 5.41) is 7.42. The summed E-state index contributed by atoms with van der Waals surface area (Å²) in [6, 6.07) is 0. The van der Waals surface area contributed by atoms with Crippen LogP contribution in [0.3, 0.4) is 0 Å². The maximum absolute atomic E-state index is 13.4. The standard InChI is InChI=1S/C20H30BrN3O2/c1-17(2,3)16-22-14(24-26-16)18(4,5)23-15(25)19-7-12-6-13(8-19)10-20(21,9-12)11-19/h12-13H,6-11H2,1-5H3,(H,23,25)/t12-,13-,19?,20?/m1/s1. The second-order valence-corrected chi connectivity index (χ2v) is 12.3. The molecule has 4 aliphatic rings. The van der Waals surface area contributed by atoms with Crippen molar-refractivity contribution in [2.24, 2.45) is 17.3 Å². The average Bonchev–Trinajstić information content (AvgIpc) is 2.94. The van der Waals surface area contributed by atoms with E-state index in [1.165, 1.54) is 19.3 Å². The largest absolute Gasteiger partial charge is 0.343 e. The van der Waals surface area contributed by atoms with Crippen molar-refractivity contribution >= 4 is 21.8 Å². The van der Waals surface area contributed by atoms with E-state index in [2.05, 4.69) is 31.4 Å². The fourth-order valence-corrected chi connectivity index (χ4v) is 7.12. The number of carbonyl (C=O) groups is 1. The first-order valence-corrected chi connectivity index (χ1v) is 10.6. The second-order valence-electron chi connectivity index (χ2n) is 10.6. The first kappa shape index (κ1) is 18.5. The number of halogens is 1. The maximum Gasteiger partial charge on any atom is 0.232 e. The zero-order chi connectivity index (χ0) is 19.0. The van der Waals surface area contributed by atoms with Crippen LogP contribution < -0.4 is 5.32 Å². The van der Waals surface area contributed by atoms with Crippen molar-refractivity contribution in [2.45, 2.75) is 88.4 Å². The molecule has 1 N–H and O–H groups in total. The van der Waals surface area contributed by atoms with Gasteiger partial charge in [0.25, 0.3) is 0 Å². The van der Waals surface area contributed by atoms with Gasteiger partial charge in [0.15, 0.2) is 5.82 Å². The van der Waals surface area contributed by atoms with E-state index in [0.29, 0.717) is 23.6 Å². The Kier molecular flexibility index (Phi) is 3.94. The summed E-state index contributed by atoms with van der Waals surface area (Å²) in [6.45, 7) is 10.1. The molecule has 5 nitrogen and oxygen atoms in total. The summed E-state index contributed by atoms with van der Waals surface area (Å²) in [4.78, 5) is 18.0. The van der Waals surface area contributed by atoms with Gasteiger partial charge in [-0.05, 0) is 64.2 Å². The molecule has 4 fully saturated rings. The SMILES string of the molecule is CC(C)(C)c1nc(C(C)(C)NC(=O)C23C[C@H]4C[C@@H](CC(Br)(C4)C2)C3)no1. The van der Waals surface area contributed by atoms with E-state index in [0.717, 1.165) is 19.3 Å². The zero-order valence-electron chi connectivity index (χ0n) is 16.5. The van der Waals surface area contributed by atoms with Gasteiger partial charge in [-0.3, -0.25) is 4.79 Å². The molecule has 0 unspecified atom stereocenters. The molecule has 2 atom stereocenters. The monoisotopic (exact) mass is 423 g/mol. The molecular formula is C20H30BrN3O2. The maximum atomic E-state index is 13.4. The van der Waals surface area contributed by atoms with Crippen molar-refractivity contribution in [2.75, 3.05) is 0 Å². The number of alkyl halides is 1. The molecule has 0 aromatic carbocycles. The Morgan fingerprint density at radius 1 is 1.15 bits per heavy atom. The van der Waals surface area contributed by atoms with Gasteiger partial charge in [0.1, 0.15) is 0 Å². The third-order valence-corrected chi connectivity index (χ3v) is 7.45. The van der Waals surface area contributed by atoms with E-state index >= 15 is 0 Å². The van der Waals surface area contributed by atoms with Gasteiger partial charge in [0.05, 0.1) is 11.0 Å². The summed E-state index contributed by atoms with van der Waals surface area (Å²) >= 11 is 3.99. The molecule has 5 rings (SSSR count). The van der Waals surface area contributed by atoms with Crippen LogP contribution in [0.15, 0.2) is 4.52 Å². The van der Waals surface area contributed by atoms with Crippen molar-refractivity contribution in [1.82, 2.24) is 15.5 Å². The summed E-state index contributed by atoms with van der Waals surface area (Å²) in [7, 11) is 0. The van der Waals surface area contributed by atoms with E-state index in [1.54, 1.807) is 0 Å². The summed E-state index contributed by atoms with van der Waals surface area (Å²) < 4.78 is 5.61. The number of amides is 1. The van der Waals surface area contributed by atoms with Crippen LogP contribution in [0.1, 0.15) is 84.9 Å². The van der Waals surface area contributed by atoms with Gasteiger partial charge in [-0.1, -0.05) is 41.9 Å². The first-order valence-electron chi connectivity index (χ1n) is 9.77. The summed E-state index contributed by atoms with van der Waals surface area (Å²) in [5.74, 6) is 2.69. The van der Waals surface area contributed by atoms with Gasteiger partial charge < -0.3 is 9.84 Å². The molecule has 0 spiro atoms. The molecule has 4 saturated carbocycles. The Balaban J connectivity index is 1.55. The Bertz CT molecular complexity index is 720. The molecule has 1 amide bonds. The fourth-order valence-electron chi connectivity index (χ4n) is 5.67. The summed E-state index contributed by atoms with van der Waals surface area (Å²) in [5.41, 5.74) is -1.08. The molecule has 1 aromatic heterocycles. The Morgan fingerprint density at radius 2 is 1.77 bits per heavy atom. The van der Waals surface area contributed by atoms with Gasteiger partial charge in [0.2, 0.25) is 11.8 Å². The van der Waals surface area contributed by atoms with Crippen LogP contribution in [0.2, 0.25) is 0 Å². The number of nitrogens with zero attached hydrogens (tertiary/aromatic N) is 2. The normalized spacial score (nSPS) is 36.4. The van der Waals surface area contributed by atoms with E-state index in [4.69, 9.17) is 4.52 Å². The smallest absolute Gasteiger partial charge is 0.232 e. The van der Waals surface area contributed by atoms with E-state index in [-0.39, 0.29) is 21.1 Å². The van der Waals surface area contributed by atoms with Crippen molar-refractivity contribution in [3.05, 3.63) is 11.7 Å². The quantitative estimate of drug-likeness (QED) is 0.728. The fraction of sp³-hybridized carbons (Fsp3) is 0.850. The molecule has 0 radical (unpaired) electrons. The molecule has 0 aliphatic heterocycles. The van der Waals surface area contributed by atoms with Crippen molar-refractivity contribution < 1.29 is 9.32 Å². The molecule has 1 aromatic rings. The lowest BCUT2D eigenvalue weighted by molar-refractivity contribution is -0.146. The third kappa shape index (κ3) is 3.02. The molecule has 1 heterocycles.